The molecule has 1 saturated heterocycles. The van der Waals surface area contributed by atoms with Crippen LogP contribution in [0.2, 0.25) is 0 Å². The molecule has 4 nitrogen and oxygen atoms in total. The van der Waals surface area contributed by atoms with E-state index in [0.29, 0.717) is 0 Å². The van der Waals surface area contributed by atoms with Gasteiger partial charge in [-0.25, -0.2) is 4.79 Å². The fourth-order valence-electron chi connectivity index (χ4n) is 2.03. The van der Waals surface area contributed by atoms with Crippen LogP contribution in [0.25, 0.3) is 0 Å². The number of amides is 1. The van der Waals surface area contributed by atoms with E-state index < -0.39 is 0 Å². The van der Waals surface area contributed by atoms with Gasteiger partial charge in [0.15, 0.2) is 0 Å². The molecule has 5 heteroatoms. The molecule has 1 aromatic rings. The van der Waals surface area contributed by atoms with Crippen molar-refractivity contribution >= 4 is 27.7 Å². The van der Waals surface area contributed by atoms with Gasteiger partial charge < -0.3 is 9.64 Å². The molecule has 1 amide bonds. The summed E-state index contributed by atoms with van der Waals surface area (Å²) in [6, 6.07) is 7.60. The molecule has 98 valence electrons. The van der Waals surface area contributed by atoms with Crippen molar-refractivity contribution in [3.8, 4) is 0 Å². The number of likely N-dealkylation sites (N-methyl/N-ethyl adjacent to an activating group) is 1. The predicted molar refractivity (Wildman–Crippen MR) is 74.9 cm³/mol. The summed E-state index contributed by atoms with van der Waals surface area (Å²) in [6.45, 7) is 1.80. The Labute approximate surface area is 116 Å². The van der Waals surface area contributed by atoms with Gasteiger partial charge in [0.1, 0.15) is 6.10 Å². The van der Waals surface area contributed by atoms with Crippen molar-refractivity contribution < 1.29 is 9.53 Å². The van der Waals surface area contributed by atoms with Crippen LogP contribution < -0.4 is 4.90 Å². The molecule has 0 aliphatic carbocycles. The third kappa shape index (κ3) is 3.03. The van der Waals surface area contributed by atoms with Gasteiger partial charge in [-0.1, -0.05) is 12.1 Å². The standard InChI is InChI=1S/C13H17BrN2O2/c1-15-8-7-10(9-15)18-13(17)16(2)12-6-4-3-5-11(12)14/h3-6,10H,7-9H2,1-2H3/t10-/m1/s1. The van der Waals surface area contributed by atoms with Crippen LogP contribution in [-0.4, -0.2) is 44.3 Å². The number of rotatable bonds is 2. The molecule has 0 bridgehead atoms. The highest BCUT2D eigenvalue weighted by Gasteiger charge is 2.25. The summed E-state index contributed by atoms with van der Waals surface area (Å²) < 4.78 is 6.36. The van der Waals surface area contributed by atoms with Gasteiger partial charge in [-0.15, -0.1) is 0 Å². The lowest BCUT2D eigenvalue weighted by molar-refractivity contribution is 0.110. The van der Waals surface area contributed by atoms with E-state index in [1.807, 2.05) is 31.3 Å². The molecular formula is C13H17BrN2O2. The Hall–Kier alpha value is -1.07. The van der Waals surface area contributed by atoms with Crippen LogP contribution in [0.15, 0.2) is 28.7 Å². The first-order valence-electron chi connectivity index (χ1n) is 5.95. The second kappa shape index (κ2) is 5.71. The number of hydrogen-bond donors (Lipinski definition) is 0. The van der Waals surface area contributed by atoms with Crippen molar-refractivity contribution in [1.29, 1.82) is 0 Å². The first kappa shape index (κ1) is 13.4. The second-order valence-corrected chi connectivity index (χ2v) is 5.42. The van der Waals surface area contributed by atoms with Crippen LogP contribution in [-0.2, 0) is 4.74 Å². The maximum atomic E-state index is 12.0. The number of likely N-dealkylation sites (tertiary alicyclic amines) is 1. The van der Waals surface area contributed by atoms with Crippen molar-refractivity contribution in [1.82, 2.24) is 4.90 Å². The molecule has 0 aromatic heterocycles. The lowest BCUT2D eigenvalue weighted by Crippen LogP contribution is -2.32. The van der Waals surface area contributed by atoms with Crippen LogP contribution in [0.1, 0.15) is 6.42 Å². The maximum absolute atomic E-state index is 12.0. The Bertz CT molecular complexity index is 439. The van der Waals surface area contributed by atoms with E-state index in [2.05, 4.69) is 20.8 Å². The summed E-state index contributed by atoms with van der Waals surface area (Å²) in [6.07, 6.45) is 0.612. The van der Waals surface area contributed by atoms with Gasteiger partial charge in [-0.05, 0) is 41.5 Å². The Balaban J connectivity index is 1.99. The zero-order chi connectivity index (χ0) is 13.1. The minimum absolute atomic E-state index is 0.00689. The molecule has 0 unspecified atom stereocenters. The van der Waals surface area contributed by atoms with E-state index in [-0.39, 0.29) is 12.2 Å². The van der Waals surface area contributed by atoms with Crippen LogP contribution in [0, 0.1) is 0 Å². The Kier molecular flexibility index (Phi) is 4.24. The molecule has 2 rings (SSSR count). The maximum Gasteiger partial charge on any atom is 0.414 e. The van der Waals surface area contributed by atoms with Crippen molar-refractivity contribution in [3.63, 3.8) is 0 Å². The average Bonchev–Trinajstić information content (AvgIpc) is 2.74. The Morgan fingerprint density at radius 1 is 1.50 bits per heavy atom. The first-order valence-corrected chi connectivity index (χ1v) is 6.74. The van der Waals surface area contributed by atoms with Gasteiger partial charge in [0.05, 0.1) is 5.69 Å². The molecule has 0 saturated carbocycles. The highest BCUT2D eigenvalue weighted by atomic mass is 79.9. The molecule has 1 fully saturated rings. The van der Waals surface area contributed by atoms with E-state index in [4.69, 9.17) is 4.74 Å². The third-order valence-corrected chi connectivity index (χ3v) is 3.77. The number of benzene rings is 1. The highest BCUT2D eigenvalue weighted by molar-refractivity contribution is 9.10. The smallest absolute Gasteiger partial charge is 0.414 e. The summed E-state index contributed by atoms with van der Waals surface area (Å²) in [5.74, 6) is 0. The molecule has 0 radical (unpaired) electrons. The zero-order valence-corrected chi connectivity index (χ0v) is 12.2. The van der Waals surface area contributed by atoms with Crippen molar-refractivity contribution in [2.24, 2.45) is 0 Å². The first-order chi connectivity index (χ1) is 8.58. The molecule has 1 aromatic carbocycles. The van der Waals surface area contributed by atoms with E-state index >= 15 is 0 Å². The number of para-hydroxylation sites is 1. The number of carbonyl (C=O) groups excluding carboxylic acids is 1. The lowest BCUT2D eigenvalue weighted by atomic mass is 10.3. The number of ether oxygens (including phenoxy) is 1. The largest absolute Gasteiger partial charge is 0.444 e. The van der Waals surface area contributed by atoms with Crippen LogP contribution in [0.4, 0.5) is 10.5 Å². The molecule has 1 aliphatic heterocycles. The van der Waals surface area contributed by atoms with Gasteiger partial charge >= 0.3 is 6.09 Å². The number of nitrogens with zero attached hydrogens (tertiary/aromatic N) is 2. The van der Waals surface area contributed by atoms with Gasteiger partial charge in [0.2, 0.25) is 0 Å². The SMILES string of the molecule is CN1CC[C@@H](OC(=O)N(C)c2ccccc2Br)C1. The number of hydrogen-bond acceptors (Lipinski definition) is 3. The van der Waals surface area contributed by atoms with E-state index in [9.17, 15) is 4.79 Å². The van der Waals surface area contributed by atoms with Gasteiger partial charge in [-0.3, -0.25) is 4.90 Å². The van der Waals surface area contributed by atoms with E-state index in [1.165, 1.54) is 4.90 Å². The van der Waals surface area contributed by atoms with Crippen molar-refractivity contribution in [2.75, 3.05) is 32.1 Å². The average molecular weight is 313 g/mol. The number of halogens is 1. The Morgan fingerprint density at radius 2 is 2.22 bits per heavy atom. The number of anilines is 1. The van der Waals surface area contributed by atoms with Gasteiger partial charge in [0.25, 0.3) is 0 Å². The summed E-state index contributed by atoms with van der Waals surface area (Å²) >= 11 is 3.43. The summed E-state index contributed by atoms with van der Waals surface area (Å²) in [4.78, 5) is 15.7. The third-order valence-electron chi connectivity index (χ3n) is 3.10. The van der Waals surface area contributed by atoms with Crippen molar-refractivity contribution in [2.45, 2.75) is 12.5 Å². The topological polar surface area (TPSA) is 32.8 Å². The zero-order valence-electron chi connectivity index (χ0n) is 10.6. The molecule has 0 N–H and O–H groups in total. The fraction of sp³-hybridized carbons (Fsp3) is 0.462. The normalized spacial score (nSPS) is 19.8. The minimum atomic E-state index is -0.304. The predicted octanol–water partition coefficient (Wildman–Crippen LogP) is 2.73. The van der Waals surface area contributed by atoms with E-state index in [1.54, 1.807) is 7.05 Å². The molecule has 1 aliphatic rings. The van der Waals surface area contributed by atoms with Gasteiger partial charge in [-0.2, -0.15) is 0 Å². The van der Waals surface area contributed by atoms with Crippen LogP contribution in [0.3, 0.4) is 0 Å². The molecule has 18 heavy (non-hydrogen) atoms. The monoisotopic (exact) mass is 312 g/mol. The molecular weight excluding hydrogens is 296 g/mol. The second-order valence-electron chi connectivity index (χ2n) is 4.57. The van der Waals surface area contributed by atoms with E-state index in [0.717, 1.165) is 29.7 Å². The summed E-state index contributed by atoms with van der Waals surface area (Å²) in [5, 5.41) is 0. The van der Waals surface area contributed by atoms with Crippen LogP contribution in [0.5, 0.6) is 0 Å². The summed E-state index contributed by atoms with van der Waals surface area (Å²) in [5.41, 5.74) is 0.814. The quantitative estimate of drug-likeness (QED) is 0.842. The minimum Gasteiger partial charge on any atom is -0.444 e. The highest BCUT2D eigenvalue weighted by Crippen LogP contribution is 2.25. The summed E-state index contributed by atoms with van der Waals surface area (Å²) in [7, 11) is 3.76. The van der Waals surface area contributed by atoms with Crippen LogP contribution >= 0.6 is 15.9 Å². The fourth-order valence-corrected chi connectivity index (χ4v) is 2.59. The molecule has 1 atom stereocenters. The van der Waals surface area contributed by atoms with Gasteiger partial charge in [0, 0.05) is 24.6 Å². The molecule has 1 heterocycles. The molecule has 0 spiro atoms. The lowest BCUT2D eigenvalue weighted by Gasteiger charge is -2.21. The van der Waals surface area contributed by atoms with Crippen molar-refractivity contribution in [3.05, 3.63) is 28.7 Å². The Morgan fingerprint density at radius 3 is 2.83 bits per heavy atom. The number of carbonyl (C=O) groups is 1.